The van der Waals surface area contributed by atoms with Gasteiger partial charge in [-0.25, -0.2) is 0 Å². The second-order valence-corrected chi connectivity index (χ2v) is 5.73. The number of nitrogens with zero attached hydrogens (tertiary/aromatic N) is 1. The first-order chi connectivity index (χ1) is 9.45. The summed E-state index contributed by atoms with van der Waals surface area (Å²) in [6, 6.07) is 14.0. The van der Waals surface area contributed by atoms with Gasteiger partial charge in [0.15, 0.2) is 0 Å². The number of aliphatic hydroxyl groups is 1. The zero-order chi connectivity index (χ0) is 14.3. The fraction of sp³-hybridized carbons (Fsp3) is 0.235. The molecule has 20 heavy (non-hydrogen) atoms. The number of rotatable bonds is 2. The van der Waals surface area contributed by atoms with Crippen molar-refractivity contribution in [1.82, 2.24) is 0 Å². The minimum Gasteiger partial charge on any atom is -0.398 e. The van der Waals surface area contributed by atoms with Crippen LogP contribution < -0.4 is 5.73 Å². The summed E-state index contributed by atoms with van der Waals surface area (Å²) < 4.78 is 0. The van der Waals surface area contributed by atoms with E-state index in [4.69, 9.17) is 5.73 Å². The largest absolute Gasteiger partial charge is 0.398 e. The maximum absolute atomic E-state index is 10.2. The second kappa shape index (κ2) is 4.46. The highest BCUT2D eigenvalue weighted by Gasteiger charge is 2.24. The van der Waals surface area contributed by atoms with E-state index < -0.39 is 5.60 Å². The van der Waals surface area contributed by atoms with Gasteiger partial charge in [0.05, 0.1) is 17.0 Å². The van der Waals surface area contributed by atoms with Gasteiger partial charge in [-0.2, -0.15) is 0 Å². The molecular weight excluding hydrogens is 248 g/mol. The molecule has 0 saturated carbocycles. The van der Waals surface area contributed by atoms with Crippen molar-refractivity contribution in [3.8, 4) is 0 Å². The molecule has 1 aliphatic heterocycles. The van der Waals surface area contributed by atoms with Crippen LogP contribution in [0.5, 0.6) is 0 Å². The summed E-state index contributed by atoms with van der Waals surface area (Å²) in [4.78, 5) is 4.66. The average Bonchev–Trinajstić information content (AvgIpc) is 2.80. The van der Waals surface area contributed by atoms with Gasteiger partial charge >= 0.3 is 0 Å². The van der Waals surface area contributed by atoms with E-state index in [2.05, 4.69) is 17.1 Å². The van der Waals surface area contributed by atoms with Crippen LogP contribution in [-0.2, 0) is 12.0 Å². The molecule has 0 saturated heterocycles. The van der Waals surface area contributed by atoms with Crippen molar-refractivity contribution in [2.24, 2.45) is 4.99 Å². The summed E-state index contributed by atoms with van der Waals surface area (Å²) in [6.45, 7) is 3.50. The van der Waals surface area contributed by atoms with E-state index in [0.717, 1.165) is 34.5 Å². The van der Waals surface area contributed by atoms with E-state index in [1.54, 1.807) is 13.8 Å². The molecule has 0 atom stereocenters. The Kier molecular flexibility index (Phi) is 2.87. The molecule has 0 bridgehead atoms. The van der Waals surface area contributed by atoms with E-state index in [1.807, 2.05) is 30.3 Å². The van der Waals surface area contributed by atoms with Gasteiger partial charge in [0.2, 0.25) is 0 Å². The van der Waals surface area contributed by atoms with Crippen molar-refractivity contribution >= 4 is 17.1 Å². The Balaban J connectivity index is 2.01. The van der Waals surface area contributed by atoms with Gasteiger partial charge in [-0.3, -0.25) is 4.99 Å². The van der Waals surface area contributed by atoms with Gasteiger partial charge in [0.1, 0.15) is 0 Å². The Labute approximate surface area is 118 Å². The predicted octanol–water partition coefficient (Wildman–Crippen LogP) is 3.17. The normalized spacial score (nSPS) is 14.1. The average molecular weight is 266 g/mol. The Morgan fingerprint density at radius 2 is 1.85 bits per heavy atom. The van der Waals surface area contributed by atoms with E-state index >= 15 is 0 Å². The number of hydrogen-bond acceptors (Lipinski definition) is 3. The topological polar surface area (TPSA) is 58.6 Å². The molecular formula is C17H18N2O. The molecule has 0 radical (unpaired) electrons. The van der Waals surface area contributed by atoms with Crippen LogP contribution in [0.2, 0.25) is 0 Å². The smallest absolute Gasteiger partial charge is 0.0860 e. The van der Waals surface area contributed by atoms with E-state index in [1.165, 1.54) is 0 Å². The Morgan fingerprint density at radius 1 is 1.15 bits per heavy atom. The van der Waals surface area contributed by atoms with Crippen LogP contribution >= 0.6 is 0 Å². The lowest BCUT2D eigenvalue weighted by Crippen LogP contribution is -2.18. The molecule has 3 heteroatoms. The molecule has 0 amide bonds. The molecule has 0 aliphatic carbocycles. The first-order valence-corrected chi connectivity index (χ1v) is 6.73. The molecule has 3 N–H and O–H groups in total. The molecule has 2 aromatic rings. The molecule has 0 fully saturated rings. The van der Waals surface area contributed by atoms with E-state index in [-0.39, 0.29) is 0 Å². The maximum atomic E-state index is 10.2. The molecule has 0 spiro atoms. The van der Waals surface area contributed by atoms with Gasteiger partial charge in [-0.15, -0.1) is 0 Å². The molecule has 0 unspecified atom stereocenters. The van der Waals surface area contributed by atoms with Crippen LogP contribution in [-0.4, -0.2) is 10.8 Å². The van der Waals surface area contributed by atoms with Crippen LogP contribution in [0.25, 0.3) is 0 Å². The first-order valence-electron chi connectivity index (χ1n) is 6.73. The number of benzene rings is 2. The molecule has 0 aromatic heterocycles. The Bertz CT molecular complexity index is 682. The monoisotopic (exact) mass is 266 g/mol. The quantitative estimate of drug-likeness (QED) is 0.820. The standard InChI is InChI=1S/C17H18N2O/c1-17(2,20)13-8-12-9-15(11-6-4-3-5-7-11)19-16(12)10-14(13)18/h3-8,10,20H,9,18H2,1-2H3. The fourth-order valence-electron chi connectivity index (χ4n) is 2.59. The third-order valence-electron chi connectivity index (χ3n) is 3.63. The summed E-state index contributed by atoms with van der Waals surface area (Å²) in [7, 11) is 0. The second-order valence-electron chi connectivity index (χ2n) is 5.73. The highest BCUT2D eigenvalue weighted by Crippen LogP contribution is 2.36. The fourth-order valence-corrected chi connectivity index (χ4v) is 2.59. The van der Waals surface area contributed by atoms with Gasteiger partial charge in [0.25, 0.3) is 0 Å². The van der Waals surface area contributed by atoms with Crippen LogP contribution in [0.4, 0.5) is 11.4 Å². The summed E-state index contributed by atoms with van der Waals surface area (Å²) in [5, 5.41) is 10.2. The van der Waals surface area contributed by atoms with Gasteiger partial charge in [0, 0.05) is 17.7 Å². The van der Waals surface area contributed by atoms with Gasteiger partial charge in [-0.1, -0.05) is 30.3 Å². The van der Waals surface area contributed by atoms with Crippen molar-refractivity contribution in [3.05, 3.63) is 59.2 Å². The number of nitrogens with two attached hydrogens (primary N) is 1. The number of anilines is 1. The third-order valence-corrected chi connectivity index (χ3v) is 3.63. The van der Waals surface area contributed by atoms with Crippen molar-refractivity contribution in [2.75, 3.05) is 5.73 Å². The number of nitrogen functional groups attached to an aromatic ring is 1. The summed E-state index contributed by atoms with van der Waals surface area (Å²) in [6.07, 6.45) is 0.780. The van der Waals surface area contributed by atoms with E-state index in [9.17, 15) is 5.11 Å². The van der Waals surface area contributed by atoms with Crippen LogP contribution in [0.15, 0.2) is 47.5 Å². The maximum Gasteiger partial charge on any atom is 0.0860 e. The minimum absolute atomic E-state index is 0.592. The zero-order valence-electron chi connectivity index (χ0n) is 11.7. The van der Waals surface area contributed by atoms with Crippen LogP contribution in [0, 0.1) is 0 Å². The molecule has 3 rings (SSSR count). The molecule has 1 aliphatic rings. The number of hydrogen-bond donors (Lipinski definition) is 2. The summed E-state index contributed by atoms with van der Waals surface area (Å²) in [5.41, 5.74) is 10.7. The summed E-state index contributed by atoms with van der Waals surface area (Å²) >= 11 is 0. The number of fused-ring (bicyclic) bond motifs is 1. The highest BCUT2D eigenvalue weighted by molar-refractivity contribution is 6.06. The minimum atomic E-state index is -0.936. The highest BCUT2D eigenvalue weighted by atomic mass is 16.3. The zero-order valence-corrected chi connectivity index (χ0v) is 11.7. The lowest BCUT2D eigenvalue weighted by molar-refractivity contribution is 0.0793. The molecule has 102 valence electrons. The van der Waals surface area contributed by atoms with Crippen molar-refractivity contribution in [2.45, 2.75) is 25.9 Å². The number of aliphatic imine (C=N–C) groups is 1. The van der Waals surface area contributed by atoms with E-state index in [0.29, 0.717) is 5.69 Å². The van der Waals surface area contributed by atoms with Crippen molar-refractivity contribution in [1.29, 1.82) is 0 Å². The Hall–Kier alpha value is -2.13. The van der Waals surface area contributed by atoms with Crippen molar-refractivity contribution in [3.63, 3.8) is 0 Å². The lowest BCUT2D eigenvalue weighted by Gasteiger charge is -2.20. The lowest BCUT2D eigenvalue weighted by atomic mass is 9.93. The molecule has 1 heterocycles. The third kappa shape index (κ3) is 2.21. The summed E-state index contributed by atoms with van der Waals surface area (Å²) in [5.74, 6) is 0. The first kappa shape index (κ1) is 12.9. The van der Waals surface area contributed by atoms with Gasteiger partial charge in [-0.05, 0) is 37.1 Å². The van der Waals surface area contributed by atoms with Crippen LogP contribution in [0.3, 0.4) is 0 Å². The van der Waals surface area contributed by atoms with Gasteiger partial charge < -0.3 is 10.8 Å². The van der Waals surface area contributed by atoms with Crippen molar-refractivity contribution < 1.29 is 5.11 Å². The predicted molar refractivity (Wildman–Crippen MR) is 82.4 cm³/mol. The molecule has 3 nitrogen and oxygen atoms in total. The molecule has 2 aromatic carbocycles. The Morgan fingerprint density at radius 3 is 2.50 bits per heavy atom. The van der Waals surface area contributed by atoms with Crippen LogP contribution in [0.1, 0.15) is 30.5 Å². The SMILES string of the molecule is CC(C)(O)c1cc2c(cc1N)N=C(c1ccccc1)C2.